The van der Waals surface area contributed by atoms with E-state index in [1.807, 2.05) is 78.9 Å². The van der Waals surface area contributed by atoms with Crippen LogP contribution in [0.3, 0.4) is 0 Å². The third kappa shape index (κ3) is 12.0. The van der Waals surface area contributed by atoms with Gasteiger partial charge in [-0.1, -0.05) is 84.8 Å². The minimum absolute atomic E-state index is 0.0573. The average Bonchev–Trinajstić information content (AvgIpc) is 3.83. The second-order valence-electron chi connectivity index (χ2n) is 15.4. The Kier molecular flexibility index (Phi) is 15.1. The van der Waals surface area contributed by atoms with Gasteiger partial charge in [-0.2, -0.15) is 10.5 Å². The van der Waals surface area contributed by atoms with Crippen LogP contribution in [0.1, 0.15) is 82.4 Å². The molecule has 1 saturated heterocycles. The monoisotopic (exact) mass is 794 g/mol. The predicted molar refractivity (Wildman–Crippen MR) is 225 cm³/mol. The van der Waals surface area contributed by atoms with Crippen molar-refractivity contribution in [2.24, 2.45) is 0 Å². The van der Waals surface area contributed by atoms with Gasteiger partial charge in [-0.15, -0.1) is 6.42 Å². The standard InChI is InChI=1S/C45H54N4O7S/c1-6-39(57-26-16-17-27-57)40(50)38(28-31-18-8-7-9-19-31)48-41(51)30(2)47-42(52)37(24-14-15-25-46-43(53)56-45(3,4)5)49-44(54)55-29-36-34-22-12-10-20-32(34)33-21-11-13-23-35(33)36/h1,7-13,18-23,30,36-38H,14-17,24-29H2,2-5H3,(H,46,53)(H,47,52)(H,48,51)(H,49,54)/t30-,37-,38-/m0/s1. The van der Waals surface area contributed by atoms with E-state index in [9.17, 15) is 24.0 Å². The molecule has 0 saturated carbocycles. The normalized spacial score (nSPS) is 15.1. The molecular formula is C45H54N4O7S. The number of terminal acetylenes is 1. The first-order chi connectivity index (χ1) is 27.3. The van der Waals surface area contributed by atoms with Gasteiger partial charge < -0.3 is 30.7 Å². The van der Waals surface area contributed by atoms with Crippen LogP contribution in [-0.4, -0.2) is 83.0 Å². The average molecular weight is 795 g/mol. The quantitative estimate of drug-likeness (QED) is 0.0760. The highest BCUT2D eigenvalue weighted by Gasteiger charge is 2.32. The van der Waals surface area contributed by atoms with Crippen molar-refractivity contribution in [1.82, 2.24) is 21.3 Å². The maximum Gasteiger partial charge on any atom is 0.407 e. The van der Waals surface area contributed by atoms with Crippen molar-refractivity contribution < 1.29 is 33.4 Å². The molecule has 1 aliphatic heterocycles. The Morgan fingerprint density at radius 3 is 2.02 bits per heavy atom. The lowest BCUT2D eigenvalue weighted by molar-refractivity contribution is -0.130. The number of hydrogen-bond acceptors (Lipinski definition) is 7. The number of unbranched alkanes of at least 4 members (excludes halogenated alkanes) is 1. The van der Waals surface area contributed by atoms with E-state index in [1.54, 1.807) is 20.8 Å². The molecule has 3 atom stereocenters. The number of nitrogens with one attached hydrogen (secondary N) is 4. The Hall–Kier alpha value is -5.41. The van der Waals surface area contributed by atoms with Crippen molar-refractivity contribution >= 4 is 45.1 Å². The van der Waals surface area contributed by atoms with Crippen LogP contribution in [-0.2, 0) is 30.3 Å². The second kappa shape index (κ2) is 20.1. The van der Waals surface area contributed by atoms with Gasteiger partial charge in [0.05, 0.1) is 10.9 Å². The number of Topliss-reactive ketones (excluding diaryl/α,β-unsaturated/α-hetero) is 1. The molecule has 1 aliphatic carbocycles. The maximum atomic E-state index is 13.9. The zero-order valence-corrected chi connectivity index (χ0v) is 34.0. The van der Waals surface area contributed by atoms with Gasteiger partial charge in [-0.05, 0) is 99.1 Å². The van der Waals surface area contributed by atoms with Crippen molar-refractivity contribution in [2.45, 2.75) is 95.9 Å². The van der Waals surface area contributed by atoms with Crippen LogP contribution in [0.2, 0.25) is 0 Å². The van der Waals surface area contributed by atoms with Crippen molar-refractivity contribution in [3.63, 3.8) is 0 Å². The first-order valence-electron chi connectivity index (χ1n) is 19.6. The summed E-state index contributed by atoms with van der Waals surface area (Å²) in [6.07, 6.45) is 7.91. The minimum atomic E-state index is -1.07. The number of fused-ring (bicyclic) bond motifs is 3. The molecule has 1 heterocycles. The fourth-order valence-electron chi connectivity index (χ4n) is 7.08. The first-order valence-corrected chi connectivity index (χ1v) is 21.2. The zero-order chi connectivity index (χ0) is 41.0. The molecular weight excluding hydrogens is 741 g/mol. The molecule has 302 valence electrons. The van der Waals surface area contributed by atoms with Gasteiger partial charge in [0.15, 0.2) is 5.78 Å². The van der Waals surface area contributed by atoms with Gasteiger partial charge in [0.2, 0.25) is 11.8 Å². The Labute approximate surface area is 338 Å². The molecule has 3 aromatic carbocycles. The summed E-state index contributed by atoms with van der Waals surface area (Å²) in [5, 5.41) is 11.0. The van der Waals surface area contributed by atoms with E-state index >= 15 is 0 Å². The summed E-state index contributed by atoms with van der Waals surface area (Å²) < 4.78 is 11.0. The third-order valence-electron chi connectivity index (χ3n) is 9.88. The second-order valence-corrected chi connectivity index (χ2v) is 17.6. The fourth-order valence-corrected chi connectivity index (χ4v) is 9.39. The van der Waals surface area contributed by atoms with Crippen LogP contribution in [0, 0.1) is 12.3 Å². The lowest BCUT2D eigenvalue weighted by atomic mass is 9.98. The molecule has 4 N–H and O–H groups in total. The number of benzene rings is 3. The highest BCUT2D eigenvalue weighted by Crippen LogP contribution is 2.44. The van der Waals surface area contributed by atoms with E-state index in [0.29, 0.717) is 24.3 Å². The van der Waals surface area contributed by atoms with E-state index in [2.05, 4.69) is 27.2 Å². The van der Waals surface area contributed by atoms with Crippen LogP contribution in [0.5, 0.6) is 0 Å². The summed E-state index contributed by atoms with van der Waals surface area (Å²) in [6.45, 7) is 7.20. The van der Waals surface area contributed by atoms with Gasteiger partial charge in [-0.25, -0.2) is 9.59 Å². The molecule has 2 aliphatic rings. The summed E-state index contributed by atoms with van der Waals surface area (Å²) in [5.41, 5.74) is 4.50. The molecule has 11 nitrogen and oxygen atoms in total. The number of ketones is 1. The molecule has 0 radical (unpaired) electrons. The van der Waals surface area contributed by atoms with Gasteiger partial charge in [0, 0.05) is 18.9 Å². The van der Waals surface area contributed by atoms with Crippen molar-refractivity contribution in [1.29, 1.82) is 0 Å². The van der Waals surface area contributed by atoms with E-state index < -0.39 is 47.7 Å². The number of rotatable bonds is 16. The van der Waals surface area contributed by atoms with E-state index in [0.717, 1.165) is 52.2 Å². The largest absolute Gasteiger partial charge is 0.449 e. The topological polar surface area (TPSA) is 152 Å². The number of carbonyl (C=O) groups excluding carboxylic acids is 5. The Bertz CT molecular complexity index is 1950. The summed E-state index contributed by atoms with van der Waals surface area (Å²) in [7, 11) is -0.330. The zero-order valence-electron chi connectivity index (χ0n) is 33.2. The number of hydrogen-bond donors (Lipinski definition) is 4. The number of carbonyl (C=O) groups is 5. The highest BCUT2D eigenvalue weighted by atomic mass is 32.2. The Morgan fingerprint density at radius 1 is 0.789 bits per heavy atom. The fraction of sp³-hybridized carbons (Fsp3) is 0.422. The summed E-state index contributed by atoms with van der Waals surface area (Å²) in [4.78, 5) is 67.2. The van der Waals surface area contributed by atoms with E-state index in [-0.39, 0.29) is 41.6 Å². The minimum Gasteiger partial charge on any atom is -0.449 e. The molecule has 0 aromatic heterocycles. The van der Waals surface area contributed by atoms with Gasteiger partial charge in [0.1, 0.15) is 24.3 Å². The van der Waals surface area contributed by atoms with E-state index in [1.165, 1.54) is 6.92 Å². The number of amides is 4. The van der Waals surface area contributed by atoms with Crippen molar-refractivity contribution in [3.8, 4) is 23.5 Å². The number of alkyl carbamates (subject to hydrolysis) is 2. The van der Waals surface area contributed by atoms with E-state index in [4.69, 9.17) is 15.9 Å². The predicted octanol–water partition coefficient (Wildman–Crippen LogP) is 6.26. The molecule has 1 fully saturated rings. The molecule has 12 heteroatoms. The van der Waals surface area contributed by atoms with Crippen LogP contribution >= 0.6 is 10.5 Å². The summed E-state index contributed by atoms with van der Waals surface area (Å²) >= 11 is 0. The van der Waals surface area contributed by atoms with Crippen LogP contribution in [0.15, 0.2) is 78.9 Å². The number of ether oxygens (including phenoxy) is 2. The lowest BCUT2D eigenvalue weighted by Gasteiger charge is -2.24. The van der Waals surface area contributed by atoms with Gasteiger partial charge in [0.25, 0.3) is 0 Å². The SMILES string of the molecule is C#CC(C(=O)[C@H](Cc1ccccc1)NC(=O)[C@H](C)NC(=O)[C@H](CCCCNC(=O)OC(C)(C)C)NC(=O)OCC1c2ccccc2-c2ccccc21)=S1CCCC1. The third-order valence-corrected chi connectivity index (χ3v) is 12.3. The molecule has 0 unspecified atom stereocenters. The Morgan fingerprint density at radius 2 is 1.40 bits per heavy atom. The maximum absolute atomic E-state index is 13.9. The summed E-state index contributed by atoms with van der Waals surface area (Å²) in [5.74, 6) is 2.74. The Balaban J connectivity index is 1.24. The molecule has 0 bridgehead atoms. The first kappa shape index (κ1) is 42.7. The molecule has 5 rings (SSSR count). The van der Waals surface area contributed by atoms with Crippen LogP contribution in [0.4, 0.5) is 9.59 Å². The lowest BCUT2D eigenvalue weighted by Crippen LogP contribution is -2.55. The van der Waals surface area contributed by atoms with Crippen LogP contribution in [0.25, 0.3) is 11.1 Å². The molecule has 57 heavy (non-hydrogen) atoms. The molecule has 4 amide bonds. The molecule has 0 spiro atoms. The van der Waals surface area contributed by atoms with Gasteiger partial charge >= 0.3 is 12.2 Å². The van der Waals surface area contributed by atoms with Gasteiger partial charge in [-0.3, -0.25) is 14.4 Å². The van der Waals surface area contributed by atoms with Crippen molar-refractivity contribution in [2.75, 3.05) is 24.7 Å². The summed E-state index contributed by atoms with van der Waals surface area (Å²) in [6, 6.07) is 22.3. The molecule has 3 aromatic rings. The van der Waals surface area contributed by atoms with Crippen molar-refractivity contribution in [3.05, 3.63) is 95.6 Å². The van der Waals surface area contributed by atoms with Crippen LogP contribution < -0.4 is 21.3 Å². The highest BCUT2D eigenvalue weighted by molar-refractivity contribution is 8.17. The smallest absolute Gasteiger partial charge is 0.407 e.